The molecule has 1 aromatic heterocycles. The quantitative estimate of drug-likeness (QED) is 0.542. The number of amides is 1. The fraction of sp³-hybridized carbons (Fsp3) is 0.190. The molecule has 0 radical (unpaired) electrons. The molecule has 3 aromatic rings. The predicted molar refractivity (Wildman–Crippen MR) is 104 cm³/mol. The molecule has 1 amide bonds. The average molecular weight is 407 g/mol. The predicted octanol–water partition coefficient (Wildman–Crippen LogP) is 6.33. The van der Waals surface area contributed by atoms with Gasteiger partial charge in [-0.05, 0) is 56.7 Å². The summed E-state index contributed by atoms with van der Waals surface area (Å²) in [7, 11) is 0. The zero-order chi connectivity index (χ0) is 20.6. The van der Waals surface area contributed by atoms with Gasteiger partial charge in [0.1, 0.15) is 0 Å². The van der Waals surface area contributed by atoms with E-state index in [1.807, 2.05) is 6.92 Å². The second kappa shape index (κ2) is 7.36. The van der Waals surface area contributed by atoms with E-state index in [4.69, 9.17) is 11.6 Å². The summed E-state index contributed by atoms with van der Waals surface area (Å²) in [6.07, 6.45) is -4.50. The van der Waals surface area contributed by atoms with Crippen LogP contribution in [0.15, 0.2) is 48.5 Å². The van der Waals surface area contributed by atoms with Crippen LogP contribution >= 0.6 is 11.6 Å². The van der Waals surface area contributed by atoms with Crippen molar-refractivity contribution in [2.45, 2.75) is 26.9 Å². The van der Waals surface area contributed by atoms with E-state index < -0.39 is 17.6 Å². The third-order valence-electron chi connectivity index (χ3n) is 4.57. The number of halogens is 4. The largest absolute Gasteiger partial charge is 0.418 e. The molecule has 7 heteroatoms. The molecule has 0 spiro atoms. The standard InChI is InChI=1S/C21H18ClF3N2O/c1-12-8-9-15(22)11-18(12)26-20(28)16-10-13(2)27(14(16)3)19-7-5-4-6-17(19)21(23,24)25/h4-11H,1-3H3,(H,26,28). The van der Waals surface area contributed by atoms with Crippen LogP contribution in [0.5, 0.6) is 0 Å². The number of rotatable bonds is 3. The molecule has 3 nitrogen and oxygen atoms in total. The molecule has 146 valence electrons. The van der Waals surface area contributed by atoms with E-state index >= 15 is 0 Å². The molecular formula is C21H18ClF3N2O. The maximum Gasteiger partial charge on any atom is 0.418 e. The smallest absolute Gasteiger partial charge is 0.322 e. The van der Waals surface area contributed by atoms with Crippen molar-refractivity contribution in [1.29, 1.82) is 0 Å². The summed E-state index contributed by atoms with van der Waals surface area (Å²) in [5.41, 5.74) is 1.87. The first-order chi connectivity index (χ1) is 13.1. The molecule has 0 atom stereocenters. The van der Waals surface area contributed by atoms with Crippen LogP contribution in [0.4, 0.5) is 18.9 Å². The minimum absolute atomic E-state index is 0.0111. The van der Waals surface area contributed by atoms with E-state index in [2.05, 4.69) is 5.32 Å². The molecule has 0 fully saturated rings. The van der Waals surface area contributed by atoms with Gasteiger partial charge in [0.25, 0.3) is 5.91 Å². The molecule has 0 aliphatic rings. The van der Waals surface area contributed by atoms with Crippen LogP contribution in [0.1, 0.15) is 32.9 Å². The third kappa shape index (κ3) is 3.78. The van der Waals surface area contributed by atoms with Gasteiger partial charge in [-0.15, -0.1) is 0 Å². The minimum atomic E-state index is -4.50. The molecule has 3 rings (SSSR count). The summed E-state index contributed by atoms with van der Waals surface area (Å²) in [4.78, 5) is 12.8. The second-order valence-corrected chi connectivity index (χ2v) is 6.98. The molecule has 0 bridgehead atoms. The Hall–Kier alpha value is -2.73. The molecule has 0 aliphatic heterocycles. The highest BCUT2D eigenvalue weighted by Crippen LogP contribution is 2.35. The van der Waals surface area contributed by atoms with E-state index in [1.165, 1.54) is 16.7 Å². The lowest BCUT2D eigenvalue weighted by Crippen LogP contribution is -2.15. The van der Waals surface area contributed by atoms with Gasteiger partial charge in [0.05, 0.1) is 16.8 Å². The number of aromatic nitrogens is 1. The Morgan fingerprint density at radius 1 is 1.04 bits per heavy atom. The highest BCUT2D eigenvalue weighted by molar-refractivity contribution is 6.31. The van der Waals surface area contributed by atoms with Gasteiger partial charge < -0.3 is 9.88 Å². The zero-order valence-corrected chi connectivity index (χ0v) is 16.2. The summed E-state index contributed by atoms with van der Waals surface area (Å²) in [6, 6.07) is 12.0. The SMILES string of the molecule is Cc1ccc(Cl)cc1NC(=O)c1cc(C)n(-c2ccccc2C(F)(F)F)c1C. The van der Waals surface area contributed by atoms with Crippen molar-refractivity contribution in [1.82, 2.24) is 4.57 Å². The molecular weight excluding hydrogens is 389 g/mol. The number of nitrogens with zero attached hydrogens (tertiary/aromatic N) is 1. The molecule has 1 heterocycles. The van der Waals surface area contributed by atoms with Crippen LogP contribution in [0.25, 0.3) is 5.69 Å². The number of carbonyl (C=O) groups excluding carboxylic acids is 1. The number of carbonyl (C=O) groups is 1. The van der Waals surface area contributed by atoms with Crippen LogP contribution in [-0.4, -0.2) is 10.5 Å². The number of hydrogen-bond acceptors (Lipinski definition) is 1. The van der Waals surface area contributed by atoms with Gasteiger partial charge >= 0.3 is 6.18 Å². The number of anilines is 1. The molecule has 0 unspecified atom stereocenters. The Morgan fingerprint density at radius 3 is 2.39 bits per heavy atom. The van der Waals surface area contributed by atoms with Crippen molar-refractivity contribution in [3.05, 3.63) is 81.6 Å². The van der Waals surface area contributed by atoms with Crippen LogP contribution in [0.3, 0.4) is 0 Å². The van der Waals surface area contributed by atoms with Gasteiger partial charge in [0.15, 0.2) is 0 Å². The zero-order valence-electron chi connectivity index (χ0n) is 15.5. The molecule has 28 heavy (non-hydrogen) atoms. The number of hydrogen-bond donors (Lipinski definition) is 1. The van der Waals surface area contributed by atoms with Gasteiger partial charge in [0, 0.05) is 22.1 Å². The fourth-order valence-corrected chi connectivity index (χ4v) is 3.36. The summed E-state index contributed by atoms with van der Waals surface area (Å²) < 4.78 is 41.7. The Kier molecular flexibility index (Phi) is 5.26. The highest BCUT2D eigenvalue weighted by Gasteiger charge is 2.34. The van der Waals surface area contributed by atoms with Crippen molar-refractivity contribution in [2.24, 2.45) is 0 Å². The number of benzene rings is 2. The second-order valence-electron chi connectivity index (χ2n) is 6.55. The maximum absolute atomic E-state index is 13.4. The van der Waals surface area contributed by atoms with E-state index in [0.29, 0.717) is 27.7 Å². The Bertz CT molecular complexity index is 1050. The number of para-hydroxylation sites is 1. The number of aryl methyl sites for hydroxylation is 2. The van der Waals surface area contributed by atoms with Crippen LogP contribution in [0.2, 0.25) is 5.02 Å². The number of alkyl halides is 3. The first-order valence-electron chi connectivity index (χ1n) is 8.52. The third-order valence-corrected chi connectivity index (χ3v) is 4.81. The normalized spacial score (nSPS) is 11.5. The van der Waals surface area contributed by atoms with E-state index in [9.17, 15) is 18.0 Å². The minimum Gasteiger partial charge on any atom is -0.322 e. The fourth-order valence-electron chi connectivity index (χ4n) is 3.19. The van der Waals surface area contributed by atoms with Crippen LogP contribution in [0, 0.1) is 20.8 Å². The molecule has 1 N–H and O–H groups in total. The Balaban J connectivity index is 2.04. The van der Waals surface area contributed by atoms with Crippen molar-refractivity contribution in [3.63, 3.8) is 0 Å². The van der Waals surface area contributed by atoms with E-state index in [1.54, 1.807) is 44.2 Å². The summed E-state index contributed by atoms with van der Waals surface area (Å²) >= 11 is 5.99. The molecule has 0 aliphatic carbocycles. The van der Waals surface area contributed by atoms with Crippen molar-refractivity contribution in [2.75, 3.05) is 5.32 Å². The lowest BCUT2D eigenvalue weighted by Gasteiger charge is -2.17. The van der Waals surface area contributed by atoms with Crippen molar-refractivity contribution in [3.8, 4) is 5.69 Å². The average Bonchev–Trinajstić information content (AvgIpc) is 2.92. The highest BCUT2D eigenvalue weighted by atomic mass is 35.5. The maximum atomic E-state index is 13.4. The molecule has 0 saturated carbocycles. The van der Waals surface area contributed by atoms with Gasteiger partial charge in [-0.25, -0.2) is 0 Å². The topological polar surface area (TPSA) is 34.0 Å². The number of nitrogens with one attached hydrogen (secondary N) is 1. The summed E-state index contributed by atoms with van der Waals surface area (Å²) in [6.45, 7) is 5.12. The first-order valence-corrected chi connectivity index (χ1v) is 8.90. The van der Waals surface area contributed by atoms with E-state index in [-0.39, 0.29) is 5.69 Å². The van der Waals surface area contributed by atoms with Crippen LogP contribution in [-0.2, 0) is 6.18 Å². The van der Waals surface area contributed by atoms with Crippen LogP contribution < -0.4 is 5.32 Å². The van der Waals surface area contributed by atoms with Gasteiger partial charge in [-0.1, -0.05) is 29.8 Å². The van der Waals surface area contributed by atoms with Gasteiger partial charge in [-0.3, -0.25) is 4.79 Å². The Labute approximate surface area is 165 Å². The molecule has 2 aromatic carbocycles. The van der Waals surface area contributed by atoms with Crippen molar-refractivity contribution >= 4 is 23.2 Å². The lowest BCUT2D eigenvalue weighted by molar-refractivity contribution is -0.137. The van der Waals surface area contributed by atoms with E-state index in [0.717, 1.165) is 11.6 Å². The lowest BCUT2D eigenvalue weighted by atomic mass is 10.1. The monoisotopic (exact) mass is 406 g/mol. The van der Waals surface area contributed by atoms with Gasteiger partial charge in [-0.2, -0.15) is 13.2 Å². The van der Waals surface area contributed by atoms with Gasteiger partial charge in [0.2, 0.25) is 0 Å². The Morgan fingerprint density at radius 2 is 1.71 bits per heavy atom. The summed E-state index contributed by atoms with van der Waals surface area (Å²) in [5.74, 6) is -0.408. The first kappa shape index (κ1) is 20.0. The summed E-state index contributed by atoms with van der Waals surface area (Å²) in [5, 5.41) is 3.26. The van der Waals surface area contributed by atoms with Crippen molar-refractivity contribution < 1.29 is 18.0 Å². The molecule has 0 saturated heterocycles.